The molecule has 28 heavy (non-hydrogen) atoms. The fraction of sp³-hybridized carbons (Fsp3) is 0.333. The van der Waals surface area contributed by atoms with Crippen molar-refractivity contribution in [3.05, 3.63) is 46.5 Å². The van der Waals surface area contributed by atoms with Gasteiger partial charge in [-0.05, 0) is 45.0 Å². The fourth-order valence-electron chi connectivity index (χ4n) is 2.47. The number of rotatable bonds is 7. The molecule has 0 saturated heterocycles. The van der Waals surface area contributed by atoms with Crippen LogP contribution in [0.15, 0.2) is 29.4 Å². The highest BCUT2D eigenvalue weighted by atomic mass is 35.5. The summed E-state index contributed by atoms with van der Waals surface area (Å²) in [6, 6.07) is 7.07. The molecule has 3 rings (SSSR count). The van der Waals surface area contributed by atoms with Crippen LogP contribution in [0.5, 0.6) is 5.75 Å². The molecule has 0 radical (unpaired) electrons. The summed E-state index contributed by atoms with van der Waals surface area (Å²) >= 11 is 7.12. The molecule has 0 aliphatic heterocycles. The monoisotopic (exact) mass is 420 g/mol. The number of benzene rings is 1. The Hall–Kier alpha value is -2.52. The smallest absolute Gasteiger partial charge is 0.237 e. The van der Waals surface area contributed by atoms with E-state index in [2.05, 4.69) is 25.6 Å². The topological polar surface area (TPSA) is 97.7 Å². The molecule has 10 heteroatoms. The summed E-state index contributed by atoms with van der Waals surface area (Å²) in [5.74, 6) is 1.13. The van der Waals surface area contributed by atoms with Gasteiger partial charge in [0.1, 0.15) is 12.4 Å². The molecule has 1 aromatic carbocycles. The minimum absolute atomic E-state index is 0.132. The number of aromatic nitrogens is 5. The third-order valence-electron chi connectivity index (χ3n) is 4.11. The molecule has 2 aromatic heterocycles. The van der Waals surface area contributed by atoms with Gasteiger partial charge in [0.25, 0.3) is 0 Å². The van der Waals surface area contributed by atoms with Gasteiger partial charge in [0, 0.05) is 12.1 Å². The van der Waals surface area contributed by atoms with Crippen LogP contribution in [0, 0.1) is 13.8 Å². The Bertz CT molecular complexity index is 969. The molecule has 0 spiro atoms. The summed E-state index contributed by atoms with van der Waals surface area (Å²) in [4.78, 5) is 16.9. The second-order valence-corrected chi connectivity index (χ2v) is 7.97. The first kappa shape index (κ1) is 20.2. The van der Waals surface area contributed by atoms with Gasteiger partial charge in [-0.25, -0.2) is 4.98 Å². The van der Waals surface area contributed by atoms with Crippen molar-refractivity contribution in [2.45, 2.75) is 37.8 Å². The lowest BCUT2D eigenvalue weighted by molar-refractivity contribution is -0.115. The number of nitrogens with zero attached hydrogens (tertiary/aromatic N) is 4. The van der Waals surface area contributed by atoms with Crippen molar-refractivity contribution in [1.82, 2.24) is 25.0 Å². The Balaban J connectivity index is 1.55. The number of thioether (sulfide) groups is 1. The number of halogens is 1. The molecule has 3 aromatic rings. The van der Waals surface area contributed by atoms with Crippen molar-refractivity contribution < 1.29 is 9.53 Å². The molecular formula is C18H21ClN6O2S. The van der Waals surface area contributed by atoms with E-state index in [0.29, 0.717) is 21.8 Å². The van der Waals surface area contributed by atoms with E-state index in [4.69, 9.17) is 16.3 Å². The highest BCUT2D eigenvalue weighted by Gasteiger charge is 2.20. The fourth-order valence-corrected chi connectivity index (χ4v) is 3.34. The number of anilines is 1. The van der Waals surface area contributed by atoms with Gasteiger partial charge in [-0.2, -0.15) is 5.10 Å². The first-order chi connectivity index (χ1) is 13.3. The summed E-state index contributed by atoms with van der Waals surface area (Å²) in [5, 5.41) is 15.0. The van der Waals surface area contributed by atoms with Crippen molar-refractivity contribution in [3.8, 4) is 5.75 Å². The van der Waals surface area contributed by atoms with E-state index in [9.17, 15) is 4.79 Å². The number of aromatic amines is 1. The number of carbonyl (C=O) groups excluding carboxylic acids is 1. The van der Waals surface area contributed by atoms with E-state index in [1.165, 1.54) is 11.8 Å². The minimum Gasteiger partial charge on any atom is -0.486 e. The quantitative estimate of drug-likeness (QED) is 0.567. The summed E-state index contributed by atoms with van der Waals surface area (Å²) in [6.45, 7) is 5.82. The number of hydrogen-bond donors (Lipinski definition) is 2. The standard InChI is InChI=1S/C18H21ClN6O2S/c1-10-16(11(2)25(4)24-10)21-17(26)12(3)28-18-20-15(22-23-18)9-27-14-7-5-13(19)6-8-14/h5-8,12H,9H2,1-4H3,(H,21,26)(H,20,22,23). The second-order valence-electron chi connectivity index (χ2n) is 6.23. The highest BCUT2D eigenvalue weighted by Crippen LogP contribution is 2.24. The summed E-state index contributed by atoms with van der Waals surface area (Å²) in [7, 11) is 1.84. The molecule has 0 aliphatic carbocycles. The zero-order valence-corrected chi connectivity index (χ0v) is 17.6. The number of nitrogens with one attached hydrogen (secondary N) is 2. The molecule has 2 heterocycles. The molecule has 0 saturated carbocycles. The number of carbonyl (C=O) groups is 1. The van der Waals surface area contributed by atoms with Crippen LogP contribution in [0.25, 0.3) is 0 Å². The van der Waals surface area contributed by atoms with Gasteiger partial charge in [-0.15, -0.1) is 5.10 Å². The maximum atomic E-state index is 12.5. The van der Waals surface area contributed by atoms with Crippen LogP contribution in [-0.2, 0) is 18.4 Å². The van der Waals surface area contributed by atoms with Crippen molar-refractivity contribution in [2.24, 2.45) is 7.05 Å². The molecule has 1 atom stereocenters. The number of aryl methyl sites for hydroxylation is 2. The predicted octanol–water partition coefficient (Wildman–Crippen LogP) is 3.51. The molecule has 2 N–H and O–H groups in total. The average Bonchev–Trinajstić information content (AvgIpc) is 3.20. The number of H-pyrrole nitrogens is 1. The first-order valence-corrected chi connectivity index (χ1v) is 9.86. The lowest BCUT2D eigenvalue weighted by Crippen LogP contribution is -2.23. The lowest BCUT2D eigenvalue weighted by Gasteiger charge is -2.10. The Morgan fingerprint density at radius 1 is 1.36 bits per heavy atom. The van der Waals surface area contributed by atoms with Crippen LogP contribution >= 0.6 is 23.4 Å². The minimum atomic E-state index is -0.375. The Labute approximate surface area is 172 Å². The van der Waals surface area contributed by atoms with Gasteiger partial charge in [0.05, 0.1) is 22.3 Å². The van der Waals surface area contributed by atoms with Crippen LogP contribution in [0.4, 0.5) is 5.69 Å². The first-order valence-electron chi connectivity index (χ1n) is 8.61. The summed E-state index contributed by atoms with van der Waals surface area (Å²) in [6.07, 6.45) is 0. The molecule has 1 amide bonds. The Morgan fingerprint density at radius 2 is 2.07 bits per heavy atom. The van der Waals surface area contributed by atoms with Crippen molar-refractivity contribution in [1.29, 1.82) is 0 Å². The van der Waals surface area contributed by atoms with Gasteiger partial charge in [0.15, 0.2) is 5.82 Å². The second kappa shape index (κ2) is 8.66. The van der Waals surface area contributed by atoms with E-state index in [1.54, 1.807) is 35.9 Å². The van der Waals surface area contributed by atoms with Crippen molar-refractivity contribution >= 4 is 35.0 Å². The van der Waals surface area contributed by atoms with Crippen LogP contribution < -0.4 is 10.1 Å². The molecule has 148 valence electrons. The number of ether oxygens (including phenoxy) is 1. The largest absolute Gasteiger partial charge is 0.486 e. The molecule has 8 nitrogen and oxygen atoms in total. The third-order valence-corrected chi connectivity index (χ3v) is 5.32. The highest BCUT2D eigenvalue weighted by molar-refractivity contribution is 8.00. The predicted molar refractivity (Wildman–Crippen MR) is 109 cm³/mol. The summed E-state index contributed by atoms with van der Waals surface area (Å²) < 4.78 is 7.37. The lowest BCUT2D eigenvalue weighted by atomic mass is 10.3. The van der Waals surface area contributed by atoms with Crippen LogP contribution in [0.1, 0.15) is 24.1 Å². The van der Waals surface area contributed by atoms with Crippen LogP contribution in [0.3, 0.4) is 0 Å². The van der Waals surface area contributed by atoms with E-state index in [0.717, 1.165) is 17.1 Å². The van der Waals surface area contributed by atoms with E-state index >= 15 is 0 Å². The molecule has 0 aliphatic rings. The van der Waals surface area contributed by atoms with E-state index in [1.807, 2.05) is 20.9 Å². The number of amides is 1. The zero-order chi connectivity index (χ0) is 20.3. The van der Waals surface area contributed by atoms with Gasteiger partial charge in [0.2, 0.25) is 11.1 Å². The number of hydrogen-bond acceptors (Lipinski definition) is 6. The maximum absolute atomic E-state index is 12.5. The zero-order valence-electron chi connectivity index (χ0n) is 16.0. The Kier molecular flexibility index (Phi) is 6.25. The van der Waals surface area contributed by atoms with Crippen molar-refractivity contribution in [3.63, 3.8) is 0 Å². The third kappa shape index (κ3) is 4.85. The van der Waals surface area contributed by atoms with Gasteiger partial charge >= 0.3 is 0 Å². The maximum Gasteiger partial charge on any atom is 0.237 e. The molecule has 0 bridgehead atoms. The Morgan fingerprint density at radius 3 is 2.71 bits per heavy atom. The SMILES string of the molecule is Cc1nn(C)c(C)c1NC(=O)C(C)Sc1n[nH]c(COc2ccc(Cl)cc2)n1. The van der Waals surface area contributed by atoms with Gasteiger partial charge < -0.3 is 10.1 Å². The molecular weight excluding hydrogens is 400 g/mol. The van der Waals surface area contributed by atoms with Gasteiger partial charge in [-0.1, -0.05) is 23.4 Å². The molecule has 0 fully saturated rings. The van der Waals surface area contributed by atoms with Crippen LogP contribution in [-0.4, -0.2) is 36.1 Å². The normalized spacial score (nSPS) is 12.0. The van der Waals surface area contributed by atoms with E-state index in [-0.39, 0.29) is 17.8 Å². The van der Waals surface area contributed by atoms with E-state index < -0.39 is 0 Å². The van der Waals surface area contributed by atoms with Crippen LogP contribution in [0.2, 0.25) is 5.02 Å². The summed E-state index contributed by atoms with van der Waals surface area (Å²) in [5.41, 5.74) is 2.43. The van der Waals surface area contributed by atoms with Gasteiger partial charge in [-0.3, -0.25) is 14.6 Å². The molecule has 1 unspecified atom stereocenters. The average molecular weight is 421 g/mol. The van der Waals surface area contributed by atoms with Crippen molar-refractivity contribution in [2.75, 3.05) is 5.32 Å².